The van der Waals surface area contributed by atoms with Crippen molar-refractivity contribution in [2.75, 3.05) is 9.80 Å². The van der Waals surface area contributed by atoms with Crippen LogP contribution in [0, 0.1) is 0 Å². The standard InChI is InChI=1S/C64H41N3.C64H42N2/c1-5-15-47(16-6-1)65(48-17-7-2-8-18-48)51-32-25-42(26-33-51)52-34-27-43-28-37-56-63-46(30-36-55(52)62(43)63)40-58-54-35-29-45(41-61(54)67(64(56)58)50-21-11-4-12-22-50)44-31-38-60-57(39-44)53-23-13-14-24-59(53)66(60)49-19-9-3-10-20-49;1-6-16-43(17-7-1)49-38-50(44-18-8-2-9-19-44)40-51(39-49)47-30-35-57-60-41-48-31-36-58-56(45-26-32-55(33-27-45)65(52-20-10-3-11-21-52)53-22-12-4-13-23-53)34-28-46-29-37-59(63(48)62(46)58)64(60)66(61(57)42-47)54-24-14-5-15-25-54/h1-41H;1-42H. The molecule has 0 bridgehead atoms. The van der Waals surface area contributed by atoms with Crippen molar-refractivity contribution in [2.24, 2.45) is 0 Å². The van der Waals surface area contributed by atoms with E-state index in [-0.39, 0.29) is 0 Å². The molecule has 24 aromatic carbocycles. The van der Waals surface area contributed by atoms with Gasteiger partial charge in [0.15, 0.2) is 0 Å². The molecule has 27 aromatic rings. The highest BCUT2D eigenvalue weighted by Gasteiger charge is 2.26. The molecule has 0 radical (unpaired) electrons. The molecule has 5 heteroatoms. The molecule has 0 amide bonds. The Labute approximate surface area is 769 Å². The first-order valence-corrected chi connectivity index (χ1v) is 45.8. The van der Waals surface area contributed by atoms with Crippen LogP contribution in [-0.2, 0) is 0 Å². The molecule has 0 unspecified atom stereocenters. The number of hydrogen-bond acceptors (Lipinski definition) is 2. The molecule has 620 valence electrons. The van der Waals surface area contributed by atoms with Gasteiger partial charge in [-0.2, -0.15) is 0 Å². The van der Waals surface area contributed by atoms with Crippen molar-refractivity contribution in [2.45, 2.75) is 0 Å². The molecule has 0 saturated carbocycles. The molecule has 0 atom stereocenters. The summed E-state index contributed by atoms with van der Waals surface area (Å²) in [6.45, 7) is 0. The summed E-state index contributed by atoms with van der Waals surface area (Å²) in [6, 6.07) is 184. The van der Waals surface area contributed by atoms with E-state index in [4.69, 9.17) is 0 Å². The Kier molecular flexibility index (Phi) is 18.2. The molecule has 0 aliphatic rings. The van der Waals surface area contributed by atoms with Crippen molar-refractivity contribution in [3.8, 4) is 83.8 Å². The first kappa shape index (κ1) is 76.6. The maximum atomic E-state index is 2.50. The number of rotatable bonds is 15. The van der Waals surface area contributed by atoms with Crippen molar-refractivity contribution in [1.29, 1.82) is 0 Å². The molecule has 3 aromatic heterocycles. The number of anilines is 6. The van der Waals surface area contributed by atoms with Crippen molar-refractivity contribution in [1.82, 2.24) is 13.7 Å². The summed E-state index contributed by atoms with van der Waals surface area (Å²) in [5.41, 5.74) is 31.9. The number of benzene rings is 24. The minimum absolute atomic E-state index is 1.12. The van der Waals surface area contributed by atoms with E-state index < -0.39 is 0 Å². The van der Waals surface area contributed by atoms with E-state index in [0.717, 1.165) is 45.5 Å². The second kappa shape index (κ2) is 31.7. The van der Waals surface area contributed by atoms with Gasteiger partial charge >= 0.3 is 0 Å². The lowest BCUT2D eigenvalue weighted by Crippen LogP contribution is -2.09. The van der Waals surface area contributed by atoms with E-state index in [2.05, 4.69) is 527 Å². The van der Waals surface area contributed by atoms with Crippen molar-refractivity contribution < 1.29 is 0 Å². The van der Waals surface area contributed by atoms with Gasteiger partial charge in [0.2, 0.25) is 0 Å². The number of nitrogens with zero attached hydrogens (tertiary/aromatic N) is 5. The molecular formula is C128H83N5. The zero-order chi connectivity index (χ0) is 87.6. The van der Waals surface area contributed by atoms with E-state index in [1.165, 1.54) is 203 Å². The Hall–Kier alpha value is -17.6. The van der Waals surface area contributed by atoms with Crippen molar-refractivity contribution >= 4 is 164 Å². The van der Waals surface area contributed by atoms with Crippen molar-refractivity contribution in [3.05, 3.63) is 504 Å². The molecular weight excluding hydrogens is 1610 g/mol. The maximum absolute atomic E-state index is 2.50. The number of aromatic nitrogens is 3. The summed E-state index contributed by atoms with van der Waals surface area (Å²) in [7, 11) is 0. The molecule has 0 N–H and O–H groups in total. The number of hydrogen-bond donors (Lipinski definition) is 0. The summed E-state index contributed by atoms with van der Waals surface area (Å²) in [5.74, 6) is 0. The first-order valence-electron chi connectivity index (χ1n) is 45.8. The summed E-state index contributed by atoms with van der Waals surface area (Å²) >= 11 is 0. The third-order valence-corrected chi connectivity index (χ3v) is 27.5. The van der Waals surface area contributed by atoms with Crippen LogP contribution in [0.5, 0.6) is 0 Å². The zero-order valence-corrected chi connectivity index (χ0v) is 72.7. The lowest BCUT2D eigenvalue weighted by atomic mass is 9.88. The van der Waals surface area contributed by atoms with Gasteiger partial charge in [0.05, 0.1) is 33.1 Å². The molecule has 0 saturated heterocycles. The third kappa shape index (κ3) is 12.9. The maximum Gasteiger partial charge on any atom is 0.0620 e. The minimum atomic E-state index is 1.12. The summed E-state index contributed by atoms with van der Waals surface area (Å²) < 4.78 is 7.39. The second-order valence-corrected chi connectivity index (χ2v) is 35.0. The van der Waals surface area contributed by atoms with Crippen LogP contribution >= 0.6 is 0 Å². The molecule has 0 fully saturated rings. The largest absolute Gasteiger partial charge is 0.311 e. The van der Waals surface area contributed by atoms with Gasteiger partial charge in [-0.1, -0.05) is 334 Å². The van der Waals surface area contributed by atoms with Crippen LogP contribution in [0.15, 0.2) is 504 Å². The lowest BCUT2D eigenvalue weighted by molar-refractivity contribution is 1.18. The molecule has 0 aliphatic heterocycles. The van der Waals surface area contributed by atoms with E-state index in [0.29, 0.717) is 0 Å². The highest BCUT2D eigenvalue weighted by Crippen LogP contribution is 2.51. The SMILES string of the molecule is c1ccc(-c2cc(-c3ccccc3)cc(-c3ccc4c5cc6ccc7c(-c8ccc(N(c9ccccc9)c9ccccc9)cc8)ccc8ccc(c6c87)c5n(-c5ccccc5)c4c3)c2)cc1.c1ccc(N(c2ccccc2)c2ccc(-c3ccc4ccc5c6c(ccc3c46)cc3c4ccc(-c6ccc7c(c6)c6ccccc6n7-c6ccccc6)cc4n(-c4ccccc4)c35)cc2)cc1. The van der Waals surface area contributed by atoms with Gasteiger partial charge in [-0.15, -0.1) is 0 Å². The molecule has 3 heterocycles. The van der Waals surface area contributed by atoms with E-state index in [1.54, 1.807) is 0 Å². The van der Waals surface area contributed by atoms with Gasteiger partial charge in [0, 0.05) is 94.3 Å². The minimum Gasteiger partial charge on any atom is -0.311 e. The van der Waals surface area contributed by atoms with Crippen LogP contribution in [-0.4, -0.2) is 13.7 Å². The summed E-state index contributed by atoms with van der Waals surface area (Å²) in [4.78, 5) is 4.63. The Morgan fingerprint density at radius 1 is 0.135 bits per heavy atom. The monoisotopic (exact) mass is 1690 g/mol. The van der Waals surface area contributed by atoms with Gasteiger partial charge in [-0.3, -0.25) is 0 Å². The van der Waals surface area contributed by atoms with Gasteiger partial charge in [-0.25, -0.2) is 0 Å². The fourth-order valence-electron chi connectivity index (χ4n) is 21.5. The topological polar surface area (TPSA) is 21.3 Å². The molecule has 27 rings (SSSR count). The van der Waals surface area contributed by atoms with Gasteiger partial charge in [-0.05, 0) is 290 Å². The molecule has 0 spiro atoms. The summed E-state index contributed by atoms with van der Waals surface area (Å²) in [5, 5.41) is 22.8. The third-order valence-electron chi connectivity index (χ3n) is 27.5. The highest BCUT2D eigenvalue weighted by atomic mass is 15.1. The Morgan fingerprint density at radius 2 is 0.421 bits per heavy atom. The lowest BCUT2D eigenvalue weighted by Gasteiger charge is -2.25. The van der Waals surface area contributed by atoms with E-state index >= 15 is 0 Å². The second-order valence-electron chi connectivity index (χ2n) is 35.0. The average Bonchev–Trinajstić information content (AvgIpc) is 1.53. The van der Waals surface area contributed by atoms with E-state index in [1.807, 2.05) is 0 Å². The van der Waals surface area contributed by atoms with Crippen LogP contribution in [0.25, 0.3) is 214 Å². The van der Waals surface area contributed by atoms with Crippen LogP contribution in [0.4, 0.5) is 34.1 Å². The van der Waals surface area contributed by atoms with Gasteiger partial charge in [0.1, 0.15) is 0 Å². The molecule has 133 heavy (non-hydrogen) atoms. The quantitative estimate of drug-likeness (QED) is 0.0954. The van der Waals surface area contributed by atoms with Crippen LogP contribution < -0.4 is 9.80 Å². The fraction of sp³-hybridized carbons (Fsp3) is 0. The Morgan fingerprint density at radius 3 is 0.842 bits per heavy atom. The van der Waals surface area contributed by atoms with E-state index in [9.17, 15) is 0 Å². The van der Waals surface area contributed by atoms with Crippen LogP contribution in [0.2, 0.25) is 0 Å². The number of fused-ring (bicyclic) bond motifs is 11. The van der Waals surface area contributed by atoms with Crippen LogP contribution in [0.1, 0.15) is 0 Å². The van der Waals surface area contributed by atoms with Crippen molar-refractivity contribution in [3.63, 3.8) is 0 Å². The predicted octanol–water partition coefficient (Wildman–Crippen LogP) is 35.4. The summed E-state index contributed by atoms with van der Waals surface area (Å²) in [6.07, 6.45) is 0. The smallest absolute Gasteiger partial charge is 0.0620 e. The molecule has 0 aliphatic carbocycles. The van der Waals surface area contributed by atoms with Gasteiger partial charge in [0.25, 0.3) is 0 Å². The number of para-hydroxylation sites is 8. The average molecular weight is 1690 g/mol. The fourth-order valence-corrected chi connectivity index (χ4v) is 21.5. The predicted molar refractivity (Wildman–Crippen MR) is 565 cm³/mol. The highest BCUT2D eigenvalue weighted by molar-refractivity contribution is 6.35. The Bertz CT molecular complexity index is 8980. The first-order chi connectivity index (χ1) is 66.0. The molecule has 5 nitrogen and oxygen atoms in total. The van der Waals surface area contributed by atoms with Crippen LogP contribution in [0.3, 0.4) is 0 Å². The van der Waals surface area contributed by atoms with Gasteiger partial charge < -0.3 is 23.5 Å². The Balaban J connectivity index is 0.000000139. The zero-order valence-electron chi connectivity index (χ0n) is 72.7. The normalized spacial score (nSPS) is 11.8.